The van der Waals surface area contributed by atoms with Gasteiger partial charge in [0, 0.05) is 24.2 Å². The zero-order chi connectivity index (χ0) is 29.2. The number of anilines is 1. The van der Waals surface area contributed by atoms with Crippen molar-refractivity contribution in [3.63, 3.8) is 0 Å². The van der Waals surface area contributed by atoms with Gasteiger partial charge in [-0.25, -0.2) is 19.7 Å². The summed E-state index contributed by atoms with van der Waals surface area (Å²) in [6, 6.07) is 19.0. The molecule has 5 aromatic rings. The molecule has 0 spiro atoms. The number of carbonyl (C=O) groups excluding carboxylic acids is 1. The van der Waals surface area contributed by atoms with E-state index in [9.17, 15) is 20.1 Å². The predicted octanol–water partition coefficient (Wildman–Crippen LogP) is 2.45. The molecule has 3 heterocycles. The van der Waals surface area contributed by atoms with Crippen LogP contribution in [0.2, 0.25) is 0 Å². The highest BCUT2D eigenvalue weighted by Crippen LogP contribution is 2.40. The first kappa shape index (κ1) is 27.5. The molecule has 1 aliphatic rings. The summed E-state index contributed by atoms with van der Waals surface area (Å²) in [7, 11) is 1.26. The molecule has 0 amide bonds. The lowest BCUT2D eigenvalue weighted by molar-refractivity contribution is 0.00719. The summed E-state index contributed by atoms with van der Waals surface area (Å²) >= 11 is 0. The van der Waals surface area contributed by atoms with Crippen LogP contribution in [0, 0.1) is 0 Å². The van der Waals surface area contributed by atoms with Crippen molar-refractivity contribution in [2.75, 3.05) is 19.0 Å². The molecule has 4 N–H and O–H groups in total. The van der Waals surface area contributed by atoms with Gasteiger partial charge in [0.1, 0.15) is 17.7 Å². The van der Waals surface area contributed by atoms with Crippen molar-refractivity contribution < 1.29 is 24.9 Å². The van der Waals surface area contributed by atoms with Crippen molar-refractivity contribution in [3.05, 3.63) is 102 Å². The van der Waals surface area contributed by atoms with Crippen LogP contribution in [0.3, 0.4) is 0 Å². The highest BCUT2D eigenvalue weighted by atomic mass is 16.5. The van der Waals surface area contributed by atoms with Gasteiger partial charge in [0.25, 0.3) is 0 Å². The number of benzene rings is 2. The number of fused-ring (bicyclic) bond motifs is 1. The molecule has 2 aromatic carbocycles. The molecular formula is C30H31N7O5. The molecular weight excluding hydrogens is 538 g/mol. The zero-order valence-corrected chi connectivity index (χ0v) is 22.9. The summed E-state index contributed by atoms with van der Waals surface area (Å²) in [4.78, 5) is 26.1. The Morgan fingerprint density at radius 1 is 1.02 bits per heavy atom. The van der Waals surface area contributed by atoms with Crippen molar-refractivity contribution in [1.29, 1.82) is 0 Å². The third kappa shape index (κ3) is 5.11. The Bertz CT molecular complexity index is 1630. The van der Waals surface area contributed by atoms with Crippen LogP contribution in [0.1, 0.15) is 51.7 Å². The Hall–Kier alpha value is -4.65. The monoisotopic (exact) mass is 569 g/mol. The molecule has 12 heteroatoms. The Morgan fingerprint density at radius 2 is 1.69 bits per heavy atom. The van der Waals surface area contributed by atoms with Crippen LogP contribution >= 0.6 is 0 Å². The van der Waals surface area contributed by atoms with Gasteiger partial charge < -0.3 is 29.9 Å². The fourth-order valence-electron chi connectivity index (χ4n) is 5.63. The first-order valence-electron chi connectivity index (χ1n) is 13.6. The van der Waals surface area contributed by atoms with Crippen LogP contribution in [-0.2, 0) is 11.3 Å². The largest absolute Gasteiger partial charge is 0.463 e. The lowest BCUT2D eigenvalue weighted by Crippen LogP contribution is -2.30. The molecule has 0 bridgehead atoms. The van der Waals surface area contributed by atoms with E-state index in [2.05, 4.69) is 49.6 Å². The van der Waals surface area contributed by atoms with Crippen LogP contribution in [0.5, 0.6) is 0 Å². The fourth-order valence-corrected chi connectivity index (χ4v) is 5.63. The fraction of sp³-hybridized carbons (Fsp3) is 0.300. The van der Waals surface area contributed by atoms with Gasteiger partial charge in [0.05, 0.1) is 38.3 Å². The first-order chi connectivity index (χ1) is 20.5. The summed E-state index contributed by atoms with van der Waals surface area (Å²) in [5, 5.41) is 39.0. The molecule has 1 saturated carbocycles. The van der Waals surface area contributed by atoms with Crippen LogP contribution in [0.4, 0.5) is 5.82 Å². The van der Waals surface area contributed by atoms with E-state index in [4.69, 9.17) is 4.74 Å². The van der Waals surface area contributed by atoms with E-state index in [0.717, 1.165) is 11.1 Å². The molecule has 3 aromatic heterocycles. The zero-order valence-electron chi connectivity index (χ0n) is 22.9. The van der Waals surface area contributed by atoms with E-state index in [0.29, 0.717) is 35.5 Å². The Balaban J connectivity index is 1.35. The Kier molecular flexibility index (Phi) is 7.66. The molecule has 12 nitrogen and oxygen atoms in total. The minimum atomic E-state index is -1.16. The van der Waals surface area contributed by atoms with E-state index in [1.807, 2.05) is 36.4 Å². The number of hydrogen-bond acceptors (Lipinski definition) is 10. The highest BCUT2D eigenvalue weighted by Gasteiger charge is 2.44. The summed E-state index contributed by atoms with van der Waals surface area (Å²) < 4.78 is 8.14. The van der Waals surface area contributed by atoms with Gasteiger partial charge in [-0.15, -0.1) is 0 Å². The average Bonchev–Trinajstić information content (AvgIpc) is 3.75. The Labute approximate surface area is 241 Å². The number of aliphatic hydroxyl groups is 3. The van der Waals surface area contributed by atoms with E-state index in [1.165, 1.54) is 19.6 Å². The molecule has 0 saturated heterocycles. The SMILES string of the molecule is COC(=O)c1nc(NCC(c2ccccc2)c2ccccc2)c2ncn([C@@H]3C[C@H](n4cc(CO)cn4)C(O)C3O)c2n1. The maximum absolute atomic E-state index is 12.6. The second-order valence-corrected chi connectivity index (χ2v) is 10.3. The molecule has 216 valence electrons. The van der Waals surface area contributed by atoms with Gasteiger partial charge in [-0.2, -0.15) is 5.10 Å². The van der Waals surface area contributed by atoms with Crippen molar-refractivity contribution >= 4 is 23.0 Å². The lowest BCUT2D eigenvalue weighted by Gasteiger charge is -2.20. The molecule has 6 rings (SSSR count). The molecule has 4 atom stereocenters. The van der Waals surface area contributed by atoms with Crippen molar-refractivity contribution in [3.8, 4) is 0 Å². The summed E-state index contributed by atoms with van der Waals surface area (Å²) in [6.07, 6.45) is 2.71. The van der Waals surface area contributed by atoms with Crippen molar-refractivity contribution in [1.82, 2.24) is 29.3 Å². The highest BCUT2D eigenvalue weighted by molar-refractivity contribution is 5.91. The Morgan fingerprint density at radius 3 is 2.31 bits per heavy atom. The van der Waals surface area contributed by atoms with Crippen LogP contribution < -0.4 is 5.32 Å². The quantitative estimate of drug-likeness (QED) is 0.194. The number of esters is 1. The number of aliphatic hydroxyl groups excluding tert-OH is 3. The van der Waals surface area contributed by atoms with Gasteiger partial charge in [0.2, 0.25) is 5.82 Å². The van der Waals surface area contributed by atoms with Crippen LogP contribution in [0.25, 0.3) is 11.2 Å². The van der Waals surface area contributed by atoms with Gasteiger partial charge in [0.15, 0.2) is 11.5 Å². The topological polar surface area (TPSA) is 160 Å². The molecule has 42 heavy (non-hydrogen) atoms. The van der Waals surface area contributed by atoms with E-state index in [1.54, 1.807) is 15.4 Å². The van der Waals surface area contributed by atoms with E-state index >= 15 is 0 Å². The number of nitrogens with one attached hydrogen (secondary N) is 1. The second kappa shape index (κ2) is 11.7. The minimum absolute atomic E-state index is 0.0217. The molecule has 1 fully saturated rings. The second-order valence-electron chi connectivity index (χ2n) is 10.3. The number of hydrogen-bond donors (Lipinski definition) is 4. The number of rotatable bonds is 9. The maximum Gasteiger partial charge on any atom is 0.376 e. The standard InChI is InChI=1S/C30H31N7O5/c1-42-30(41)28-34-27(31-14-21(19-8-4-2-5-9-19)20-10-6-3-7-11-20)24-29(35-28)36(17-32-24)22-12-23(26(40)25(22)39)37-15-18(16-38)13-33-37/h2-11,13,15,17,21-23,25-26,38-40H,12,14,16H2,1H3,(H,31,34,35)/t22-,23+,25?,26?/m1/s1. The van der Waals surface area contributed by atoms with Crippen molar-refractivity contribution in [2.45, 2.75) is 43.2 Å². The van der Waals surface area contributed by atoms with Crippen LogP contribution in [-0.4, -0.2) is 76.5 Å². The van der Waals surface area contributed by atoms with E-state index < -0.39 is 30.3 Å². The molecule has 2 unspecified atom stereocenters. The number of carbonyl (C=O) groups is 1. The van der Waals surface area contributed by atoms with Gasteiger partial charge in [-0.05, 0) is 17.5 Å². The van der Waals surface area contributed by atoms with E-state index in [-0.39, 0.29) is 18.3 Å². The minimum Gasteiger partial charge on any atom is -0.463 e. The smallest absolute Gasteiger partial charge is 0.376 e. The number of nitrogens with zero attached hydrogens (tertiary/aromatic N) is 6. The summed E-state index contributed by atoms with van der Waals surface area (Å²) in [5.74, 6) is -0.547. The van der Waals surface area contributed by atoms with Gasteiger partial charge in [-0.3, -0.25) is 4.68 Å². The third-order valence-corrected chi connectivity index (χ3v) is 7.82. The molecule has 0 radical (unpaired) electrons. The summed E-state index contributed by atoms with van der Waals surface area (Å²) in [6.45, 7) is 0.270. The third-order valence-electron chi connectivity index (χ3n) is 7.82. The lowest BCUT2D eigenvalue weighted by atomic mass is 9.91. The average molecular weight is 570 g/mol. The number of imidazole rings is 1. The summed E-state index contributed by atoms with van der Waals surface area (Å²) in [5.41, 5.74) is 3.55. The first-order valence-corrected chi connectivity index (χ1v) is 13.6. The number of methoxy groups -OCH3 is 1. The number of ether oxygens (including phenoxy) is 1. The van der Waals surface area contributed by atoms with Crippen LogP contribution in [0.15, 0.2) is 79.4 Å². The molecule has 0 aliphatic heterocycles. The van der Waals surface area contributed by atoms with Gasteiger partial charge >= 0.3 is 5.97 Å². The normalized spacial score (nSPS) is 20.3. The maximum atomic E-state index is 12.6. The molecule has 1 aliphatic carbocycles. The number of aromatic nitrogens is 6. The van der Waals surface area contributed by atoms with Crippen molar-refractivity contribution in [2.24, 2.45) is 0 Å². The predicted molar refractivity (Wildman–Crippen MR) is 153 cm³/mol. The van der Waals surface area contributed by atoms with Gasteiger partial charge in [-0.1, -0.05) is 60.7 Å².